The standard InChI is InChI=1S/C15H25ClN2O/c1-4-11-5-7-12(8-6-11)14(19)9-13-10(2)17-18(3)15(13)16/h11-12,14,19H,4-9H2,1-3H3. The van der Waals surface area contributed by atoms with Crippen molar-refractivity contribution in [1.29, 1.82) is 0 Å². The van der Waals surface area contributed by atoms with Crippen molar-refractivity contribution >= 4 is 11.6 Å². The quantitative estimate of drug-likeness (QED) is 0.919. The van der Waals surface area contributed by atoms with Crippen molar-refractivity contribution in [3.05, 3.63) is 16.4 Å². The molecule has 1 unspecified atom stereocenters. The number of hydrogen-bond donors (Lipinski definition) is 1. The summed E-state index contributed by atoms with van der Waals surface area (Å²) in [4.78, 5) is 0. The molecule has 0 spiro atoms. The zero-order chi connectivity index (χ0) is 14.0. The lowest BCUT2D eigenvalue weighted by Gasteiger charge is -2.31. The van der Waals surface area contributed by atoms with Gasteiger partial charge in [-0.15, -0.1) is 0 Å². The molecule has 1 N–H and O–H groups in total. The average molecular weight is 285 g/mol. The highest BCUT2D eigenvalue weighted by molar-refractivity contribution is 6.30. The van der Waals surface area contributed by atoms with Crippen molar-refractivity contribution in [3.8, 4) is 0 Å². The van der Waals surface area contributed by atoms with E-state index in [0.717, 1.165) is 30.0 Å². The van der Waals surface area contributed by atoms with E-state index in [-0.39, 0.29) is 6.10 Å². The van der Waals surface area contributed by atoms with Crippen molar-refractivity contribution in [2.75, 3.05) is 0 Å². The zero-order valence-corrected chi connectivity index (χ0v) is 13.0. The van der Waals surface area contributed by atoms with Crippen LogP contribution in [0.2, 0.25) is 5.15 Å². The third kappa shape index (κ3) is 3.32. The normalized spacial score (nSPS) is 25.5. The monoisotopic (exact) mass is 284 g/mol. The van der Waals surface area contributed by atoms with Crippen LogP contribution >= 0.6 is 11.6 Å². The maximum atomic E-state index is 10.4. The Bertz CT molecular complexity index is 422. The van der Waals surface area contributed by atoms with Crippen molar-refractivity contribution in [1.82, 2.24) is 9.78 Å². The van der Waals surface area contributed by atoms with Gasteiger partial charge in [0.1, 0.15) is 5.15 Å². The van der Waals surface area contributed by atoms with Crippen LogP contribution in [-0.4, -0.2) is 21.0 Å². The molecule has 0 amide bonds. The van der Waals surface area contributed by atoms with Gasteiger partial charge in [-0.3, -0.25) is 4.68 Å². The van der Waals surface area contributed by atoms with E-state index in [0.29, 0.717) is 17.5 Å². The Balaban J connectivity index is 1.96. The highest BCUT2D eigenvalue weighted by Crippen LogP contribution is 2.34. The Kier molecular flexibility index (Phi) is 4.91. The molecular weight excluding hydrogens is 260 g/mol. The summed E-state index contributed by atoms with van der Waals surface area (Å²) in [6, 6.07) is 0. The Morgan fingerprint density at radius 1 is 1.37 bits per heavy atom. The minimum atomic E-state index is -0.279. The molecule has 108 valence electrons. The molecule has 1 aromatic heterocycles. The van der Waals surface area contributed by atoms with Gasteiger partial charge >= 0.3 is 0 Å². The molecule has 3 nitrogen and oxygen atoms in total. The first kappa shape index (κ1) is 14.9. The van der Waals surface area contributed by atoms with Crippen LogP contribution in [0.5, 0.6) is 0 Å². The van der Waals surface area contributed by atoms with E-state index < -0.39 is 0 Å². The molecule has 1 heterocycles. The molecule has 0 saturated heterocycles. The van der Waals surface area contributed by atoms with Crippen LogP contribution in [0, 0.1) is 18.8 Å². The molecule has 19 heavy (non-hydrogen) atoms. The first-order valence-electron chi connectivity index (χ1n) is 7.39. The molecule has 1 saturated carbocycles. The molecule has 0 aromatic carbocycles. The van der Waals surface area contributed by atoms with Crippen LogP contribution in [0.1, 0.15) is 50.3 Å². The highest BCUT2D eigenvalue weighted by atomic mass is 35.5. The van der Waals surface area contributed by atoms with Crippen molar-refractivity contribution in [3.63, 3.8) is 0 Å². The minimum absolute atomic E-state index is 0.279. The summed E-state index contributed by atoms with van der Waals surface area (Å²) in [7, 11) is 1.84. The van der Waals surface area contributed by atoms with Gasteiger partial charge < -0.3 is 5.11 Å². The number of rotatable bonds is 4. The number of hydrogen-bond acceptors (Lipinski definition) is 2. The molecule has 1 fully saturated rings. The molecule has 1 aromatic rings. The predicted molar refractivity (Wildman–Crippen MR) is 78.4 cm³/mol. The first-order chi connectivity index (χ1) is 9.02. The van der Waals surface area contributed by atoms with E-state index in [9.17, 15) is 5.11 Å². The van der Waals surface area contributed by atoms with Gasteiger partial charge in [0.25, 0.3) is 0 Å². The van der Waals surface area contributed by atoms with E-state index in [1.54, 1.807) is 4.68 Å². The van der Waals surface area contributed by atoms with Crippen LogP contribution in [0.25, 0.3) is 0 Å². The summed E-state index contributed by atoms with van der Waals surface area (Å²) in [5, 5.41) is 15.4. The Morgan fingerprint density at radius 2 is 2.00 bits per heavy atom. The topological polar surface area (TPSA) is 38.1 Å². The van der Waals surface area contributed by atoms with E-state index in [4.69, 9.17) is 11.6 Å². The predicted octanol–water partition coefficient (Wildman–Crippen LogP) is 3.50. The van der Waals surface area contributed by atoms with E-state index >= 15 is 0 Å². The zero-order valence-electron chi connectivity index (χ0n) is 12.2. The summed E-state index contributed by atoms with van der Waals surface area (Å²) in [6.07, 6.45) is 6.46. The number of halogens is 1. The van der Waals surface area contributed by atoms with Crippen LogP contribution in [0.3, 0.4) is 0 Å². The summed E-state index contributed by atoms with van der Waals surface area (Å²) in [6.45, 7) is 4.22. The van der Waals surface area contributed by atoms with Gasteiger partial charge in [-0.25, -0.2) is 0 Å². The lowest BCUT2D eigenvalue weighted by molar-refractivity contribution is 0.0734. The SMILES string of the molecule is CCC1CCC(C(O)Cc2c(C)nn(C)c2Cl)CC1. The van der Waals surface area contributed by atoms with Crippen molar-refractivity contribution in [2.45, 2.75) is 58.5 Å². The Morgan fingerprint density at radius 3 is 2.47 bits per heavy atom. The molecule has 1 aliphatic rings. The Labute approximate surface area is 121 Å². The van der Waals surface area contributed by atoms with Crippen LogP contribution in [-0.2, 0) is 13.5 Å². The van der Waals surface area contributed by atoms with Gasteiger partial charge in [-0.2, -0.15) is 5.10 Å². The van der Waals surface area contributed by atoms with Gasteiger partial charge in [0.2, 0.25) is 0 Å². The molecule has 4 heteroatoms. The van der Waals surface area contributed by atoms with Crippen molar-refractivity contribution < 1.29 is 5.11 Å². The fourth-order valence-corrected chi connectivity index (χ4v) is 3.51. The van der Waals surface area contributed by atoms with Gasteiger partial charge in [0, 0.05) is 19.0 Å². The van der Waals surface area contributed by atoms with Gasteiger partial charge in [-0.05, 0) is 31.6 Å². The van der Waals surface area contributed by atoms with Crippen LogP contribution in [0.15, 0.2) is 0 Å². The largest absolute Gasteiger partial charge is 0.392 e. The number of aryl methyl sites for hydroxylation is 2. The summed E-state index contributed by atoms with van der Waals surface area (Å²) in [5.41, 5.74) is 1.95. The van der Waals surface area contributed by atoms with Crippen LogP contribution < -0.4 is 0 Å². The number of aliphatic hydroxyl groups is 1. The Hall–Kier alpha value is -0.540. The highest BCUT2D eigenvalue weighted by Gasteiger charge is 2.27. The summed E-state index contributed by atoms with van der Waals surface area (Å²) in [5.74, 6) is 1.30. The molecule has 1 aliphatic carbocycles. The molecule has 0 aliphatic heterocycles. The number of aliphatic hydroxyl groups excluding tert-OH is 1. The smallest absolute Gasteiger partial charge is 0.130 e. The second-order valence-corrected chi connectivity index (χ2v) is 6.30. The first-order valence-corrected chi connectivity index (χ1v) is 7.76. The molecule has 2 rings (SSSR count). The van der Waals surface area contributed by atoms with Gasteiger partial charge in [-0.1, -0.05) is 37.8 Å². The fourth-order valence-electron chi connectivity index (χ4n) is 3.26. The lowest BCUT2D eigenvalue weighted by atomic mass is 9.77. The summed E-state index contributed by atoms with van der Waals surface area (Å²) >= 11 is 6.23. The molecule has 0 bridgehead atoms. The lowest BCUT2D eigenvalue weighted by Crippen LogP contribution is -2.27. The third-order valence-corrected chi connectivity index (χ3v) is 5.17. The summed E-state index contributed by atoms with van der Waals surface area (Å²) < 4.78 is 1.69. The van der Waals surface area contributed by atoms with Gasteiger partial charge in [0.05, 0.1) is 11.8 Å². The fraction of sp³-hybridized carbons (Fsp3) is 0.800. The number of nitrogens with zero attached hydrogens (tertiary/aromatic N) is 2. The maximum Gasteiger partial charge on any atom is 0.130 e. The second-order valence-electron chi connectivity index (χ2n) is 5.94. The minimum Gasteiger partial charge on any atom is -0.392 e. The van der Waals surface area contributed by atoms with Crippen molar-refractivity contribution in [2.24, 2.45) is 18.9 Å². The van der Waals surface area contributed by atoms with E-state index in [2.05, 4.69) is 12.0 Å². The van der Waals surface area contributed by atoms with E-state index in [1.165, 1.54) is 19.3 Å². The molecule has 1 atom stereocenters. The van der Waals surface area contributed by atoms with Gasteiger partial charge in [0.15, 0.2) is 0 Å². The average Bonchev–Trinajstić information content (AvgIpc) is 2.65. The van der Waals surface area contributed by atoms with E-state index in [1.807, 2.05) is 14.0 Å². The molecule has 0 radical (unpaired) electrons. The number of aromatic nitrogens is 2. The molecular formula is C15H25ClN2O. The maximum absolute atomic E-state index is 10.4. The second kappa shape index (κ2) is 6.27. The van der Waals surface area contributed by atoms with Crippen LogP contribution in [0.4, 0.5) is 0 Å². The third-order valence-electron chi connectivity index (χ3n) is 4.70.